The molecule has 0 unspecified atom stereocenters. The van der Waals surface area contributed by atoms with Crippen molar-refractivity contribution in [2.75, 3.05) is 19.9 Å². The van der Waals surface area contributed by atoms with Gasteiger partial charge in [-0.3, -0.25) is 0 Å². The van der Waals surface area contributed by atoms with Crippen molar-refractivity contribution < 1.29 is 10.2 Å². The Labute approximate surface area is 94.5 Å². The molecule has 0 aliphatic heterocycles. The van der Waals surface area contributed by atoms with E-state index in [1.165, 1.54) is 0 Å². The lowest BCUT2D eigenvalue weighted by atomic mass is 10.0. The van der Waals surface area contributed by atoms with Gasteiger partial charge < -0.3 is 15.5 Å². The molecule has 0 saturated carbocycles. The van der Waals surface area contributed by atoms with Gasteiger partial charge in [0.05, 0.1) is 18.8 Å². The van der Waals surface area contributed by atoms with Gasteiger partial charge in [-0.25, -0.2) is 0 Å². The molecule has 3 N–H and O–H groups in total. The van der Waals surface area contributed by atoms with E-state index in [0.29, 0.717) is 0 Å². The van der Waals surface area contributed by atoms with Crippen molar-refractivity contribution in [2.45, 2.75) is 17.0 Å². The molecule has 1 rings (SSSR count). The Morgan fingerprint density at radius 3 is 2.33 bits per heavy atom. The molecule has 0 saturated heterocycles. The van der Waals surface area contributed by atoms with Crippen molar-refractivity contribution in [3.05, 3.63) is 29.8 Å². The van der Waals surface area contributed by atoms with E-state index in [4.69, 9.17) is 5.11 Å². The zero-order valence-corrected chi connectivity index (χ0v) is 9.79. The molecule has 0 amide bonds. The van der Waals surface area contributed by atoms with Gasteiger partial charge in [0.15, 0.2) is 0 Å². The summed E-state index contributed by atoms with van der Waals surface area (Å²) in [5.41, 5.74) is 0.821. The van der Waals surface area contributed by atoms with Crippen LogP contribution in [0.25, 0.3) is 0 Å². The second-order valence-electron chi connectivity index (χ2n) is 3.30. The number of aliphatic hydroxyl groups is 2. The smallest absolute Gasteiger partial charge is 0.0965 e. The topological polar surface area (TPSA) is 52.5 Å². The van der Waals surface area contributed by atoms with Crippen molar-refractivity contribution in [3.8, 4) is 0 Å². The Morgan fingerprint density at radius 2 is 1.93 bits per heavy atom. The standard InChI is InChI=1S/C11H17NO2S/c1-12-10(7-13)11(14)8-3-5-9(15-2)6-4-8/h3-6,10-14H,7H2,1-2H3/t10-,11-/m1/s1. The molecule has 0 heterocycles. The first-order chi connectivity index (χ1) is 7.22. The lowest BCUT2D eigenvalue weighted by molar-refractivity contribution is 0.0942. The van der Waals surface area contributed by atoms with Gasteiger partial charge in [-0.15, -0.1) is 11.8 Å². The van der Waals surface area contributed by atoms with Crippen LogP contribution in [-0.4, -0.2) is 36.2 Å². The normalized spacial score (nSPS) is 14.9. The summed E-state index contributed by atoms with van der Waals surface area (Å²) in [6, 6.07) is 7.39. The van der Waals surface area contributed by atoms with Gasteiger partial charge in [-0.05, 0) is 31.0 Å². The third-order valence-corrected chi connectivity index (χ3v) is 3.15. The van der Waals surface area contributed by atoms with E-state index in [1.807, 2.05) is 30.5 Å². The maximum atomic E-state index is 9.91. The van der Waals surface area contributed by atoms with Crippen molar-refractivity contribution >= 4 is 11.8 Å². The summed E-state index contributed by atoms with van der Waals surface area (Å²) in [6.07, 6.45) is 1.34. The third-order valence-electron chi connectivity index (χ3n) is 2.41. The minimum absolute atomic E-state index is 0.0814. The second-order valence-corrected chi connectivity index (χ2v) is 4.18. The van der Waals surface area contributed by atoms with Crippen molar-refractivity contribution in [2.24, 2.45) is 0 Å². The minimum Gasteiger partial charge on any atom is -0.395 e. The highest BCUT2D eigenvalue weighted by atomic mass is 32.2. The molecule has 0 radical (unpaired) electrons. The van der Waals surface area contributed by atoms with Crippen molar-refractivity contribution in [1.29, 1.82) is 0 Å². The maximum absolute atomic E-state index is 9.91. The van der Waals surface area contributed by atoms with Crippen LogP contribution in [-0.2, 0) is 0 Å². The lowest BCUT2D eigenvalue weighted by Gasteiger charge is -2.20. The fourth-order valence-electron chi connectivity index (χ4n) is 1.38. The van der Waals surface area contributed by atoms with E-state index in [2.05, 4.69) is 5.32 Å². The Bertz CT molecular complexity index is 285. The zero-order valence-electron chi connectivity index (χ0n) is 8.97. The molecule has 2 atom stereocenters. The first-order valence-corrected chi connectivity index (χ1v) is 6.05. The lowest BCUT2D eigenvalue weighted by Crippen LogP contribution is -2.35. The maximum Gasteiger partial charge on any atom is 0.0965 e. The fraction of sp³-hybridized carbons (Fsp3) is 0.455. The average Bonchev–Trinajstić information content (AvgIpc) is 2.30. The van der Waals surface area contributed by atoms with E-state index in [-0.39, 0.29) is 12.6 Å². The van der Waals surface area contributed by atoms with Gasteiger partial charge in [0.1, 0.15) is 0 Å². The van der Waals surface area contributed by atoms with Crippen LogP contribution in [0.5, 0.6) is 0 Å². The number of rotatable bonds is 5. The van der Waals surface area contributed by atoms with Crippen LogP contribution in [0, 0.1) is 0 Å². The Balaban J connectivity index is 2.76. The molecule has 4 heteroatoms. The first-order valence-electron chi connectivity index (χ1n) is 4.83. The number of nitrogens with one attached hydrogen (secondary N) is 1. The Hall–Kier alpha value is -0.550. The van der Waals surface area contributed by atoms with E-state index < -0.39 is 6.10 Å². The third kappa shape index (κ3) is 3.21. The van der Waals surface area contributed by atoms with Crippen LogP contribution in [0.2, 0.25) is 0 Å². The summed E-state index contributed by atoms with van der Waals surface area (Å²) in [7, 11) is 1.72. The number of likely N-dealkylation sites (N-methyl/N-ethyl adjacent to an activating group) is 1. The van der Waals surface area contributed by atoms with Crippen molar-refractivity contribution in [1.82, 2.24) is 5.32 Å². The monoisotopic (exact) mass is 227 g/mol. The quantitative estimate of drug-likeness (QED) is 0.657. The Morgan fingerprint density at radius 1 is 1.33 bits per heavy atom. The highest BCUT2D eigenvalue weighted by Gasteiger charge is 2.17. The highest BCUT2D eigenvalue weighted by Crippen LogP contribution is 2.20. The molecule has 1 aromatic rings. The number of thioether (sulfide) groups is 1. The molecule has 0 aliphatic carbocycles. The van der Waals surface area contributed by atoms with Crippen LogP contribution in [0.3, 0.4) is 0 Å². The van der Waals surface area contributed by atoms with Gasteiger partial charge in [-0.1, -0.05) is 12.1 Å². The first kappa shape index (κ1) is 12.5. The summed E-state index contributed by atoms with van der Waals surface area (Å²) in [5, 5.41) is 21.8. The summed E-state index contributed by atoms with van der Waals surface area (Å²) in [4.78, 5) is 1.16. The summed E-state index contributed by atoms with van der Waals surface area (Å²) in [6.45, 7) is -0.0814. The van der Waals surface area contributed by atoms with E-state index in [1.54, 1.807) is 18.8 Å². The van der Waals surface area contributed by atoms with E-state index in [0.717, 1.165) is 10.5 Å². The van der Waals surface area contributed by atoms with Crippen LogP contribution in [0.15, 0.2) is 29.2 Å². The number of hydrogen-bond donors (Lipinski definition) is 3. The van der Waals surface area contributed by atoms with Gasteiger partial charge in [-0.2, -0.15) is 0 Å². The van der Waals surface area contributed by atoms with Gasteiger partial charge in [0.2, 0.25) is 0 Å². The predicted octanol–water partition coefficient (Wildman–Crippen LogP) is 1.02. The summed E-state index contributed by atoms with van der Waals surface area (Å²) >= 11 is 1.66. The predicted molar refractivity (Wildman–Crippen MR) is 63.1 cm³/mol. The molecule has 84 valence electrons. The summed E-state index contributed by atoms with van der Waals surface area (Å²) in [5.74, 6) is 0. The fourth-order valence-corrected chi connectivity index (χ4v) is 1.79. The van der Waals surface area contributed by atoms with Crippen LogP contribution in [0.1, 0.15) is 11.7 Å². The van der Waals surface area contributed by atoms with Gasteiger partial charge >= 0.3 is 0 Å². The van der Waals surface area contributed by atoms with E-state index >= 15 is 0 Å². The highest BCUT2D eigenvalue weighted by molar-refractivity contribution is 7.98. The molecule has 0 aromatic heterocycles. The number of hydrogen-bond acceptors (Lipinski definition) is 4. The molecular formula is C11H17NO2S. The molecular weight excluding hydrogens is 210 g/mol. The molecule has 0 fully saturated rings. The number of aliphatic hydroxyl groups excluding tert-OH is 2. The Kier molecular flexibility index (Phi) is 5.11. The molecule has 0 bridgehead atoms. The largest absolute Gasteiger partial charge is 0.395 e. The SMILES string of the molecule is CN[C@H](CO)[C@H](O)c1ccc(SC)cc1. The average molecular weight is 227 g/mol. The van der Waals surface area contributed by atoms with Crippen LogP contribution < -0.4 is 5.32 Å². The van der Waals surface area contributed by atoms with E-state index in [9.17, 15) is 5.11 Å². The van der Waals surface area contributed by atoms with Crippen LogP contribution in [0.4, 0.5) is 0 Å². The molecule has 0 aliphatic rings. The number of benzene rings is 1. The molecule has 3 nitrogen and oxygen atoms in total. The second kappa shape index (κ2) is 6.12. The minimum atomic E-state index is -0.670. The van der Waals surface area contributed by atoms with Gasteiger partial charge in [0.25, 0.3) is 0 Å². The van der Waals surface area contributed by atoms with Crippen molar-refractivity contribution in [3.63, 3.8) is 0 Å². The van der Waals surface area contributed by atoms with Crippen LogP contribution >= 0.6 is 11.8 Å². The molecule has 1 aromatic carbocycles. The molecule has 0 spiro atoms. The zero-order chi connectivity index (χ0) is 11.3. The summed E-state index contributed by atoms with van der Waals surface area (Å²) < 4.78 is 0. The molecule has 15 heavy (non-hydrogen) atoms. The van der Waals surface area contributed by atoms with Gasteiger partial charge in [0, 0.05) is 4.90 Å².